The molecule has 1 aliphatic heterocycles. The van der Waals surface area contributed by atoms with Crippen molar-refractivity contribution < 1.29 is 14.3 Å². The van der Waals surface area contributed by atoms with Gasteiger partial charge in [0.05, 0.1) is 0 Å². The molecule has 3 heteroatoms. The fourth-order valence-corrected chi connectivity index (χ4v) is 6.29. The van der Waals surface area contributed by atoms with E-state index in [1.165, 1.54) is 38.5 Å². The summed E-state index contributed by atoms with van der Waals surface area (Å²) in [7, 11) is 0. The molecule has 0 aromatic rings. The summed E-state index contributed by atoms with van der Waals surface area (Å²) in [6.07, 6.45) is 8.90. The van der Waals surface area contributed by atoms with E-state index >= 15 is 0 Å². The van der Waals surface area contributed by atoms with Crippen molar-refractivity contribution in [3.63, 3.8) is 0 Å². The molecule has 0 N–H and O–H groups in total. The average Bonchev–Trinajstić information content (AvgIpc) is 2.73. The van der Waals surface area contributed by atoms with Gasteiger partial charge in [0, 0.05) is 12.3 Å². The Bertz CT molecular complexity index is 441. The van der Waals surface area contributed by atoms with Crippen molar-refractivity contribution in [3.8, 4) is 0 Å². The Balaban J connectivity index is 1.66. The van der Waals surface area contributed by atoms with E-state index in [4.69, 9.17) is 9.47 Å². The van der Waals surface area contributed by atoms with Gasteiger partial charge in [-0.25, -0.2) is 4.79 Å². The zero-order valence-electron chi connectivity index (χ0n) is 13.2. The van der Waals surface area contributed by atoms with Gasteiger partial charge in [-0.3, -0.25) is 0 Å². The highest BCUT2D eigenvalue weighted by molar-refractivity contribution is 5.87. The van der Waals surface area contributed by atoms with Crippen molar-refractivity contribution in [2.45, 2.75) is 64.6 Å². The van der Waals surface area contributed by atoms with E-state index < -0.39 is 5.79 Å². The van der Waals surface area contributed by atoms with E-state index in [0.29, 0.717) is 11.8 Å². The largest absolute Gasteiger partial charge is 0.445 e. The zero-order chi connectivity index (χ0) is 14.8. The van der Waals surface area contributed by atoms with Crippen LogP contribution in [-0.2, 0) is 14.3 Å². The second kappa shape index (κ2) is 4.27. The van der Waals surface area contributed by atoms with E-state index in [-0.39, 0.29) is 17.6 Å². The van der Waals surface area contributed by atoms with Gasteiger partial charge >= 0.3 is 5.97 Å². The van der Waals surface area contributed by atoms with Crippen LogP contribution < -0.4 is 0 Å². The number of hydrogen-bond acceptors (Lipinski definition) is 3. The van der Waals surface area contributed by atoms with Gasteiger partial charge in [0.1, 0.15) is 0 Å². The molecule has 5 aliphatic rings. The number of cyclic esters (lactones) is 1. The molecule has 2 atom stereocenters. The number of carbonyl (C=O) groups is 1. The van der Waals surface area contributed by atoms with Crippen LogP contribution in [0, 0.1) is 29.1 Å². The molecule has 4 saturated carbocycles. The Hall–Kier alpha value is -0.990. The van der Waals surface area contributed by atoms with E-state index in [0.717, 1.165) is 17.8 Å². The monoisotopic (exact) mass is 290 g/mol. The summed E-state index contributed by atoms with van der Waals surface area (Å²) in [6.45, 7) is 8.02. The SMILES string of the molecule is C=C1OC(CC)(C(C)C23CC4CC(CC(C4)C2)C3)OC1=O. The highest BCUT2D eigenvalue weighted by Crippen LogP contribution is 2.65. The molecule has 5 fully saturated rings. The molecule has 1 heterocycles. The third-order valence-corrected chi connectivity index (χ3v) is 6.95. The van der Waals surface area contributed by atoms with E-state index in [9.17, 15) is 4.79 Å². The van der Waals surface area contributed by atoms with Gasteiger partial charge in [0.15, 0.2) is 0 Å². The van der Waals surface area contributed by atoms with Gasteiger partial charge in [-0.1, -0.05) is 13.8 Å². The molecule has 116 valence electrons. The van der Waals surface area contributed by atoms with Crippen LogP contribution in [0.5, 0.6) is 0 Å². The topological polar surface area (TPSA) is 35.5 Å². The van der Waals surface area contributed by atoms with Crippen molar-refractivity contribution in [1.29, 1.82) is 0 Å². The first kappa shape index (κ1) is 13.7. The van der Waals surface area contributed by atoms with Gasteiger partial charge in [0.2, 0.25) is 5.76 Å². The summed E-state index contributed by atoms with van der Waals surface area (Å²) in [5, 5.41) is 0. The molecule has 5 rings (SSSR count). The summed E-state index contributed by atoms with van der Waals surface area (Å²) in [5.74, 6) is 2.00. The predicted molar refractivity (Wildman–Crippen MR) is 79.1 cm³/mol. The summed E-state index contributed by atoms with van der Waals surface area (Å²) >= 11 is 0. The molecule has 4 aliphatic carbocycles. The number of hydrogen-bond donors (Lipinski definition) is 0. The Labute approximate surface area is 127 Å². The first-order chi connectivity index (χ1) is 9.96. The Morgan fingerprint density at radius 1 is 1.14 bits per heavy atom. The molecule has 0 amide bonds. The minimum atomic E-state index is -0.764. The molecular formula is C18H26O3. The quantitative estimate of drug-likeness (QED) is 0.581. The van der Waals surface area contributed by atoms with Crippen LogP contribution in [-0.4, -0.2) is 11.8 Å². The van der Waals surface area contributed by atoms with Crippen LogP contribution in [0.15, 0.2) is 12.3 Å². The van der Waals surface area contributed by atoms with Crippen molar-refractivity contribution >= 4 is 5.97 Å². The van der Waals surface area contributed by atoms with Crippen LogP contribution in [0.3, 0.4) is 0 Å². The molecular weight excluding hydrogens is 264 g/mol. The lowest BCUT2D eigenvalue weighted by molar-refractivity contribution is -0.235. The number of ether oxygens (including phenoxy) is 2. The molecule has 2 unspecified atom stereocenters. The Morgan fingerprint density at radius 2 is 1.67 bits per heavy atom. The molecule has 1 saturated heterocycles. The zero-order valence-corrected chi connectivity index (χ0v) is 13.2. The molecule has 21 heavy (non-hydrogen) atoms. The van der Waals surface area contributed by atoms with Gasteiger partial charge in [-0.15, -0.1) is 0 Å². The first-order valence-corrected chi connectivity index (χ1v) is 8.57. The lowest BCUT2D eigenvalue weighted by atomic mass is 9.46. The summed E-state index contributed by atoms with van der Waals surface area (Å²) in [4.78, 5) is 11.8. The summed E-state index contributed by atoms with van der Waals surface area (Å²) < 4.78 is 11.6. The lowest BCUT2D eigenvalue weighted by Gasteiger charge is -2.60. The van der Waals surface area contributed by atoms with E-state index in [1.807, 2.05) is 0 Å². The highest BCUT2D eigenvalue weighted by Gasteiger charge is 2.61. The molecule has 3 nitrogen and oxygen atoms in total. The van der Waals surface area contributed by atoms with E-state index in [2.05, 4.69) is 20.4 Å². The normalized spacial score (nSPS) is 49.1. The summed E-state index contributed by atoms with van der Waals surface area (Å²) in [6, 6.07) is 0. The second-order valence-electron chi connectivity index (χ2n) is 8.08. The predicted octanol–water partition coefficient (Wildman–Crippen LogP) is 4.03. The van der Waals surface area contributed by atoms with Gasteiger partial charge in [-0.05, 0) is 68.3 Å². The minimum absolute atomic E-state index is 0.188. The molecule has 0 spiro atoms. The van der Waals surface area contributed by atoms with Crippen molar-refractivity contribution in [2.24, 2.45) is 29.1 Å². The third kappa shape index (κ3) is 1.82. The minimum Gasteiger partial charge on any atom is -0.445 e. The number of esters is 1. The maximum atomic E-state index is 11.8. The number of rotatable bonds is 3. The van der Waals surface area contributed by atoms with Crippen LogP contribution in [0.2, 0.25) is 0 Å². The maximum absolute atomic E-state index is 11.8. The van der Waals surface area contributed by atoms with Crippen molar-refractivity contribution in [2.75, 3.05) is 0 Å². The molecule has 4 bridgehead atoms. The van der Waals surface area contributed by atoms with E-state index in [1.54, 1.807) is 0 Å². The van der Waals surface area contributed by atoms with Crippen LogP contribution in [0.1, 0.15) is 58.8 Å². The third-order valence-electron chi connectivity index (χ3n) is 6.95. The Morgan fingerprint density at radius 3 is 2.05 bits per heavy atom. The second-order valence-corrected chi connectivity index (χ2v) is 8.08. The van der Waals surface area contributed by atoms with Crippen LogP contribution >= 0.6 is 0 Å². The van der Waals surface area contributed by atoms with Crippen molar-refractivity contribution in [1.82, 2.24) is 0 Å². The average molecular weight is 290 g/mol. The maximum Gasteiger partial charge on any atom is 0.376 e. The fourth-order valence-electron chi connectivity index (χ4n) is 6.29. The Kier molecular flexibility index (Phi) is 2.78. The fraction of sp³-hybridized carbons (Fsp3) is 0.833. The highest BCUT2D eigenvalue weighted by atomic mass is 16.8. The smallest absolute Gasteiger partial charge is 0.376 e. The van der Waals surface area contributed by atoms with Crippen LogP contribution in [0.4, 0.5) is 0 Å². The van der Waals surface area contributed by atoms with Gasteiger partial charge in [0.25, 0.3) is 5.79 Å². The van der Waals surface area contributed by atoms with Crippen LogP contribution in [0.25, 0.3) is 0 Å². The van der Waals surface area contributed by atoms with Crippen molar-refractivity contribution in [3.05, 3.63) is 12.3 Å². The molecule has 0 radical (unpaired) electrons. The lowest BCUT2D eigenvalue weighted by Crippen LogP contribution is -2.55. The number of carbonyl (C=O) groups excluding carboxylic acids is 1. The van der Waals surface area contributed by atoms with Gasteiger partial charge in [-0.2, -0.15) is 0 Å². The summed E-state index contributed by atoms with van der Waals surface area (Å²) in [5.41, 5.74) is 0.315. The first-order valence-electron chi connectivity index (χ1n) is 8.57. The standard InChI is InChI=1S/C18H26O3/c1-4-18(20-11(2)16(19)21-18)12(3)17-8-13-5-14(9-17)7-15(6-13)10-17/h12-15H,2,4-10H2,1,3H3. The van der Waals surface area contributed by atoms with Gasteiger partial charge < -0.3 is 9.47 Å². The molecule has 0 aromatic heterocycles. The molecule has 0 aromatic carbocycles.